The first kappa shape index (κ1) is 18.4. The van der Waals surface area contributed by atoms with Gasteiger partial charge in [-0.2, -0.15) is 5.10 Å². The number of Topliss-reactive ketones (excluding diaryl/α,β-unsaturated/α-hetero) is 1. The van der Waals surface area contributed by atoms with Gasteiger partial charge >= 0.3 is 0 Å². The van der Waals surface area contributed by atoms with Gasteiger partial charge in [0.25, 0.3) is 5.56 Å². The number of fused-ring (bicyclic) bond motifs is 1. The van der Waals surface area contributed by atoms with Crippen molar-refractivity contribution in [3.63, 3.8) is 0 Å². The molecule has 5 nitrogen and oxygen atoms in total. The topological polar surface area (TPSA) is 72.0 Å². The zero-order valence-corrected chi connectivity index (χ0v) is 14.7. The third-order valence-corrected chi connectivity index (χ3v) is 3.68. The summed E-state index contributed by atoms with van der Waals surface area (Å²) in [5.41, 5.74) is 1.47. The molecule has 0 radical (unpaired) electrons. The third-order valence-electron chi connectivity index (χ3n) is 3.68. The normalized spacial score (nSPS) is 10.0. The molecule has 0 saturated carbocycles. The fourth-order valence-corrected chi connectivity index (χ4v) is 2.48. The van der Waals surface area contributed by atoms with Gasteiger partial charge in [-0.05, 0) is 38.5 Å². The second kappa shape index (κ2) is 8.78. The molecule has 3 rings (SSSR count). The molecule has 25 heavy (non-hydrogen) atoms. The first-order valence-electron chi connectivity index (χ1n) is 8.27. The number of ether oxygens (including phenoxy) is 1. The lowest BCUT2D eigenvalue weighted by Crippen LogP contribution is -2.10. The Morgan fingerprint density at radius 1 is 1.04 bits per heavy atom. The highest BCUT2D eigenvalue weighted by molar-refractivity contribution is 5.96. The van der Waals surface area contributed by atoms with Gasteiger partial charge in [0.05, 0.1) is 23.3 Å². The number of hydrogen-bond acceptors (Lipinski definition) is 4. The maximum atomic E-state index is 11.3. The SMILES string of the molecule is CCOc1ccccc1C(C)=O.CCc1n[nH]c(=O)c2ccccc12. The van der Waals surface area contributed by atoms with Crippen molar-refractivity contribution < 1.29 is 9.53 Å². The number of hydrogen-bond donors (Lipinski definition) is 1. The molecule has 0 spiro atoms. The fraction of sp³-hybridized carbons (Fsp3) is 0.250. The quantitative estimate of drug-likeness (QED) is 0.735. The Labute approximate surface area is 146 Å². The van der Waals surface area contributed by atoms with Crippen LogP contribution in [0.4, 0.5) is 0 Å². The average molecular weight is 338 g/mol. The fourth-order valence-electron chi connectivity index (χ4n) is 2.48. The molecular weight excluding hydrogens is 316 g/mol. The van der Waals surface area contributed by atoms with Crippen LogP contribution in [0.1, 0.15) is 36.8 Å². The van der Waals surface area contributed by atoms with Gasteiger partial charge in [-0.1, -0.05) is 37.3 Å². The van der Waals surface area contributed by atoms with E-state index in [9.17, 15) is 9.59 Å². The summed E-state index contributed by atoms with van der Waals surface area (Å²) in [5, 5.41) is 8.15. The molecule has 0 atom stereocenters. The number of benzene rings is 2. The summed E-state index contributed by atoms with van der Waals surface area (Å²) in [7, 11) is 0. The predicted octanol–water partition coefficient (Wildman–Crippen LogP) is 3.77. The van der Waals surface area contributed by atoms with Crippen molar-refractivity contribution in [1.82, 2.24) is 10.2 Å². The van der Waals surface area contributed by atoms with Crippen LogP contribution in [0.3, 0.4) is 0 Å². The molecule has 1 N–H and O–H groups in total. The second-order valence-electron chi connectivity index (χ2n) is 5.38. The van der Waals surface area contributed by atoms with E-state index in [0.29, 0.717) is 23.3 Å². The molecular formula is C20H22N2O3. The number of nitrogens with zero attached hydrogens (tertiary/aromatic N) is 1. The van der Waals surface area contributed by atoms with E-state index < -0.39 is 0 Å². The van der Waals surface area contributed by atoms with Crippen LogP contribution >= 0.6 is 0 Å². The Bertz CT molecular complexity index is 916. The number of carbonyl (C=O) groups excluding carboxylic acids is 1. The van der Waals surface area contributed by atoms with E-state index >= 15 is 0 Å². The molecule has 0 unspecified atom stereocenters. The summed E-state index contributed by atoms with van der Waals surface area (Å²) in [6.07, 6.45) is 0.831. The van der Waals surface area contributed by atoms with Crippen molar-refractivity contribution in [1.29, 1.82) is 0 Å². The Morgan fingerprint density at radius 2 is 1.68 bits per heavy atom. The van der Waals surface area contributed by atoms with E-state index in [1.807, 2.05) is 50.2 Å². The summed E-state index contributed by atoms with van der Waals surface area (Å²) in [4.78, 5) is 22.4. The number of rotatable bonds is 4. The number of aryl methyl sites for hydroxylation is 1. The van der Waals surface area contributed by atoms with E-state index in [1.165, 1.54) is 6.92 Å². The number of nitrogens with one attached hydrogen (secondary N) is 1. The monoisotopic (exact) mass is 338 g/mol. The van der Waals surface area contributed by atoms with Crippen LogP contribution in [0.25, 0.3) is 10.8 Å². The van der Waals surface area contributed by atoms with Crippen LogP contribution in [0.5, 0.6) is 5.75 Å². The van der Waals surface area contributed by atoms with Gasteiger partial charge in [0, 0.05) is 5.39 Å². The molecule has 5 heteroatoms. The Kier molecular flexibility index (Phi) is 6.46. The molecule has 0 aliphatic rings. The van der Waals surface area contributed by atoms with Crippen LogP contribution in [0.15, 0.2) is 53.3 Å². The van der Waals surface area contributed by atoms with Gasteiger partial charge in [0.15, 0.2) is 5.78 Å². The number of para-hydroxylation sites is 1. The zero-order chi connectivity index (χ0) is 18.2. The molecule has 0 bridgehead atoms. The van der Waals surface area contributed by atoms with Crippen molar-refractivity contribution in [3.05, 3.63) is 70.1 Å². The Morgan fingerprint density at radius 3 is 2.32 bits per heavy atom. The Balaban J connectivity index is 0.000000181. The first-order valence-corrected chi connectivity index (χ1v) is 8.27. The molecule has 1 heterocycles. The van der Waals surface area contributed by atoms with Crippen molar-refractivity contribution in [3.8, 4) is 5.75 Å². The van der Waals surface area contributed by atoms with Gasteiger partial charge in [0.1, 0.15) is 5.75 Å². The average Bonchev–Trinajstić information content (AvgIpc) is 2.63. The molecule has 0 saturated heterocycles. The number of aromatic amines is 1. The van der Waals surface area contributed by atoms with E-state index in [-0.39, 0.29) is 11.3 Å². The highest BCUT2D eigenvalue weighted by Crippen LogP contribution is 2.17. The molecule has 0 aliphatic carbocycles. The number of aromatic nitrogens is 2. The molecule has 0 amide bonds. The third kappa shape index (κ3) is 4.53. The summed E-state index contributed by atoms with van der Waals surface area (Å²) >= 11 is 0. The lowest BCUT2D eigenvalue weighted by molar-refractivity contribution is 0.101. The smallest absolute Gasteiger partial charge is 0.272 e. The highest BCUT2D eigenvalue weighted by Gasteiger charge is 2.05. The van der Waals surface area contributed by atoms with Crippen LogP contribution in [-0.2, 0) is 6.42 Å². The van der Waals surface area contributed by atoms with Crippen molar-refractivity contribution in [2.75, 3.05) is 6.61 Å². The second-order valence-corrected chi connectivity index (χ2v) is 5.38. The van der Waals surface area contributed by atoms with Gasteiger partial charge in [0.2, 0.25) is 0 Å². The summed E-state index contributed by atoms with van der Waals surface area (Å²) in [6, 6.07) is 14.8. The zero-order valence-electron chi connectivity index (χ0n) is 14.7. The van der Waals surface area contributed by atoms with Gasteiger partial charge in [-0.15, -0.1) is 0 Å². The van der Waals surface area contributed by atoms with Gasteiger partial charge < -0.3 is 4.74 Å². The minimum absolute atomic E-state index is 0.0408. The molecule has 0 fully saturated rings. The minimum Gasteiger partial charge on any atom is -0.493 e. The Hall–Kier alpha value is -2.95. The maximum Gasteiger partial charge on any atom is 0.272 e. The van der Waals surface area contributed by atoms with E-state index in [0.717, 1.165) is 17.5 Å². The van der Waals surface area contributed by atoms with Crippen LogP contribution in [0, 0.1) is 0 Å². The first-order chi connectivity index (χ1) is 12.1. The largest absolute Gasteiger partial charge is 0.493 e. The van der Waals surface area contributed by atoms with E-state index in [1.54, 1.807) is 12.1 Å². The number of carbonyl (C=O) groups is 1. The molecule has 2 aromatic carbocycles. The van der Waals surface area contributed by atoms with Crippen LogP contribution < -0.4 is 10.3 Å². The van der Waals surface area contributed by atoms with E-state index in [4.69, 9.17) is 4.74 Å². The number of H-pyrrole nitrogens is 1. The van der Waals surface area contributed by atoms with Crippen LogP contribution in [-0.4, -0.2) is 22.6 Å². The molecule has 0 aliphatic heterocycles. The summed E-state index contributed by atoms with van der Waals surface area (Å²) in [5.74, 6) is 0.714. The predicted molar refractivity (Wildman–Crippen MR) is 99.4 cm³/mol. The lowest BCUT2D eigenvalue weighted by atomic mass is 10.1. The van der Waals surface area contributed by atoms with Gasteiger partial charge in [-0.25, -0.2) is 5.10 Å². The summed E-state index contributed by atoms with van der Waals surface area (Å²) in [6.45, 7) is 6.05. The molecule has 1 aromatic heterocycles. The summed E-state index contributed by atoms with van der Waals surface area (Å²) < 4.78 is 5.28. The lowest BCUT2D eigenvalue weighted by Gasteiger charge is -2.06. The maximum absolute atomic E-state index is 11.3. The van der Waals surface area contributed by atoms with E-state index in [2.05, 4.69) is 10.2 Å². The highest BCUT2D eigenvalue weighted by atomic mass is 16.5. The van der Waals surface area contributed by atoms with Gasteiger partial charge in [-0.3, -0.25) is 9.59 Å². The van der Waals surface area contributed by atoms with Crippen molar-refractivity contribution in [2.45, 2.75) is 27.2 Å². The molecule has 3 aromatic rings. The van der Waals surface area contributed by atoms with Crippen molar-refractivity contribution in [2.24, 2.45) is 0 Å². The number of ketones is 1. The molecule has 130 valence electrons. The standard InChI is InChI=1S/C10H10N2O.C10H12O2/c1-2-9-7-5-3-4-6-8(7)10(13)12-11-9;1-3-12-10-7-5-4-6-9(10)8(2)11/h3-6H,2H2,1H3,(H,12,13);4-7H,3H2,1-2H3. The van der Waals surface area contributed by atoms with Crippen LogP contribution in [0.2, 0.25) is 0 Å². The van der Waals surface area contributed by atoms with Crippen molar-refractivity contribution >= 4 is 16.6 Å². The minimum atomic E-state index is -0.118.